The second-order valence-electron chi connectivity index (χ2n) is 7.10. The standard InChI is InChI=1S/C15H32N4O2/c1-13(20)15(2,3)17-14(21)16-9-8-11-19(6,7)12-10-18(4)5/h8-12H2,1-7H3,(H-,16,17,21)/p+1. The van der Waals surface area contributed by atoms with Crippen LogP contribution in [0, 0.1) is 0 Å². The summed E-state index contributed by atoms with van der Waals surface area (Å²) in [5.74, 6) is -0.0564. The first-order valence-electron chi connectivity index (χ1n) is 7.50. The molecule has 0 aromatic rings. The number of hydrogen-bond acceptors (Lipinski definition) is 3. The molecule has 124 valence electrons. The molecular weight excluding hydrogens is 268 g/mol. The van der Waals surface area contributed by atoms with Crippen molar-refractivity contribution in [3.05, 3.63) is 0 Å². The molecule has 0 heterocycles. The van der Waals surface area contributed by atoms with Crippen LogP contribution >= 0.6 is 0 Å². The number of quaternary nitrogens is 1. The lowest BCUT2D eigenvalue weighted by Crippen LogP contribution is -2.53. The number of likely N-dealkylation sites (N-methyl/N-ethyl adjacent to an activating group) is 2. The average Bonchev–Trinajstić information content (AvgIpc) is 2.32. The van der Waals surface area contributed by atoms with Crippen molar-refractivity contribution >= 4 is 11.8 Å². The molecule has 0 spiro atoms. The van der Waals surface area contributed by atoms with E-state index in [9.17, 15) is 9.59 Å². The first-order chi connectivity index (χ1) is 9.46. The molecule has 6 heteroatoms. The van der Waals surface area contributed by atoms with Gasteiger partial charge < -0.3 is 20.0 Å². The third-order valence-electron chi connectivity index (χ3n) is 3.68. The number of amides is 2. The highest BCUT2D eigenvalue weighted by Crippen LogP contribution is 2.03. The largest absolute Gasteiger partial charge is 0.338 e. The molecule has 0 fully saturated rings. The number of urea groups is 1. The van der Waals surface area contributed by atoms with E-state index in [1.165, 1.54) is 6.92 Å². The SMILES string of the molecule is CC(=O)C(C)(C)NC(=O)NCCC[N+](C)(C)CCN(C)C. The average molecular weight is 301 g/mol. The zero-order valence-corrected chi connectivity index (χ0v) is 14.7. The van der Waals surface area contributed by atoms with Gasteiger partial charge in [0.2, 0.25) is 0 Å². The van der Waals surface area contributed by atoms with Crippen LogP contribution in [0.4, 0.5) is 4.79 Å². The number of nitrogens with zero attached hydrogens (tertiary/aromatic N) is 2. The van der Waals surface area contributed by atoms with Crippen LogP contribution in [0.25, 0.3) is 0 Å². The van der Waals surface area contributed by atoms with Crippen molar-refractivity contribution in [2.45, 2.75) is 32.7 Å². The van der Waals surface area contributed by atoms with Crippen LogP contribution in [0.3, 0.4) is 0 Å². The van der Waals surface area contributed by atoms with Crippen molar-refractivity contribution in [3.63, 3.8) is 0 Å². The first-order valence-corrected chi connectivity index (χ1v) is 7.50. The molecule has 0 aliphatic carbocycles. The molecule has 21 heavy (non-hydrogen) atoms. The van der Waals surface area contributed by atoms with Gasteiger partial charge in [0, 0.05) is 19.5 Å². The van der Waals surface area contributed by atoms with Gasteiger partial charge in [-0.2, -0.15) is 0 Å². The molecule has 0 radical (unpaired) electrons. The summed E-state index contributed by atoms with van der Waals surface area (Å²) >= 11 is 0. The van der Waals surface area contributed by atoms with E-state index in [2.05, 4.69) is 43.7 Å². The number of rotatable bonds is 9. The Bertz CT molecular complexity index is 352. The van der Waals surface area contributed by atoms with Crippen molar-refractivity contribution in [2.75, 3.05) is 54.4 Å². The second-order valence-corrected chi connectivity index (χ2v) is 7.10. The number of ketones is 1. The molecule has 2 N–H and O–H groups in total. The molecule has 2 amide bonds. The summed E-state index contributed by atoms with van der Waals surface area (Å²) in [5.41, 5.74) is -0.814. The van der Waals surface area contributed by atoms with Crippen molar-refractivity contribution in [2.24, 2.45) is 0 Å². The number of Topliss-reactive ketones (excluding diaryl/α,β-unsaturated/α-hetero) is 1. The molecular formula is C15H33N4O2+. The molecule has 0 saturated heterocycles. The fraction of sp³-hybridized carbons (Fsp3) is 0.867. The lowest BCUT2D eigenvalue weighted by Gasteiger charge is -2.31. The Labute approximate surface area is 129 Å². The maximum Gasteiger partial charge on any atom is 0.315 e. The van der Waals surface area contributed by atoms with Gasteiger partial charge >= 0.3 is 6.03 Å². The summed E-state index contributed by atoms with van der Waals surface area (Å²) in [6, 6.07) is -0.284. The number of carbonyl (C=O) groups excluding carboxylic acids is 2. The molecule has 0 saturated carbocycles. The Balaban J connectivity index is 3.94. The smallest absolute Gasteiger partial charge is 0.315 e. The van der Waals surface area contributed by atoms with Gasteiger partial charge in [-0.15, -0.1) is 0 Å². The van der Waals surface area contributed by atoms with Crippen LogP contribution in [0.15, 0.2) is 0 Å². The summed E-state index contributed by atoms with van der Waals surface area (Å²) in [6.07, 6.45) is 0.911. The maximum absolute atomic E-state index is 11.7. The third kappa shape index (κ3) is 9.42. The number of carbonyl (C=O) groups is 2. The minimum absolute atomic E-state index is 0.0564. The fourth-order valence-corrected chi connectivity index (χ4v) is 1.71. The summed E-state index contributed by atoms with van der Waals surface area (Å²) < 4.78 is 0.931. The van der Waals surface area contributed by atoms with Gasteiger partial charge in [-0.25, -0.2) is 4.79 Å². The Morgan fingerprint density at radius 2 is 1.71 bits per heavy atom. The molecule has 6 nitrogen and oxygen atoms in total. The molecule has 0 unspecified atom stereocenters. The van der Waals surface area contributed by atoms with Crippen LogP contribution < -0.4 is 10.6 Å². The third-order valence-corrected chi connectivity index (χ3v) is 3.68. The maximum atomic E-state index is 11.7. The van der Waals surface area contributed by atoms with Crippen molar-refractivity contribution in [3.8, 4) is 0 Å². The minimum Gasteiger partial charge on any atom is -0.338 e. The van der Waals surface area contributed by atoms with Crippen molar-refractivity contribution < 1.29 is 14.1 Å². The zero-order valence-electron chi connectivity index (χ0n) is 14.7. The van der Waals surface area contributed by atoms with Crippen LogP contribution in [0.1, 0.15) is 27.2 Å². The predicted octanol–water partition coefficient (Wildman–Crippen LogP) is 0.681. The van der Waals surface area contributed by atoms with Crippen molar-refractivity contribution in [1.29, 1.82) is 0 Å². The van der Waals surface area contributed by atoms with Crippen LogP contribution in [-0.2, 0) is 4.79 Å². The Kier molecular flexibility index (Phi) is 7.89. The number of nitrogens with one attached hydrogen (secondary N) is 2. The summed E-state index contributed by atoms with van der Waals surface area (Å²) in [6.45, 7) is 8.63. The van der Waals surface area contributed by atoms with Crippen LogP contribution in [0.5, 0.6) is 0 Å². The van der Waals surface area contributed by atoms with Gasteiger partial charge in [0.25, 0.3) is 0 Å². The van der Waals surface area contributed by atoms with E-state index in [4.69, 9.17) is 0 Å². The normalized spacial score (nSPS) is 12.4. The van der Waals surface area contributed by atoms with Gasteiger partial charge in [-0.1, -0.05) is 0 Å². The molecule has 0 rings (SSSR count). The van der Waals surface area contributed by atoms with Crippen LogP contribution in [0.2, 0.25) is 0 Å². The van der Waals surface area contributed by atoms with E-state index in [1.54, 1.807) is 13.8 Å². The Morgan fingerprint density at radius 3 is 2.19 bits per heavy atom. The zero-order chi connectivity index (χ0) is 16.7. The quantitative estimate of drug-likeness (QED) is 0.486. The summed E-state index contributed by atoms with van der Waals surface area (Å²) in [4.78, 5) is 25.2. The highest BCUT2D eigenvalue weighted by Gasteiger charge is 2.25. The van der Waals surface area contributed by atoms with E-state index < -0.39 is 5.54 Å². The Hall–Kier alpha value is -1.14. The van der Waals surface area contributed by atoms with Gasteiger partial charge in [0.15, 0.2) is 5.78 Å². The summed E-state index contributed by atoms with van der Waals surface area (Å²) in [7, 11) is 8.54. The number of hydrogen-bond donors (Lipinski definition) is 2. The monoisotopic (exact) mass is 301 g/mol. The lowest BCUT2D eigenvalue weighted by atomic mass is 10.0. The minimum atomic E-state index is -0.814. The molecule has 0 aliphatic heterocycles. The van der Waals surface area contributed by atoms with E-state index in [0.717, 1.165) is 30.5 Å². The van der Waals surface area contributed by atoms with Gasteiger partial charge in [0.1, 0.15) is 0 Å². The van der Waals surface area contributed by atoms with E-state index in [-0.39, 0.29) is 11.8 Å². The fourth-order valence-electron chi connectivity index (χ4n) is 1.71. The highest BCUT2D eigenvalue weighted by molar-refractivity contribution is 5.90. The van der Waals surface area contributed by atoms with Crippen LogP contribution in [-0.4, -0.2) is 81.1 Å². The van der Waals surface area contributed by atoms with Gasteiger partial charge in [-0.3, -0.25) is 4.79 Å². The Morgan fingerprint density at radius 1 is 1.14 bits per heavy atom. The summed E-state index contributed by atoms with van der Waals surface area (Å²) in [5, 5.41) is 5.49. The topological polar surface area (TPSA) is 61.4 Å². The predicted molar refractivity (Wildman–Crippen MR) is 86.3 cm³/mol. The lowest BCUT2D eigenvalue weighted by molar-refractivity contribution is -0.889. The molecule has 0 bridgehead atoms. The van der Waals surface area contributed by atoms with E-state index in [1.807, 2.05) is 0 Å². The molecule has 0 atom stereocenters. The molecule has 0 aromatic carbocycles. The van der Waals surface area contributed by atoms with E-state index >= 15 is 0 Å². The van der Waals surface area contributed by atoms with Crippen molar-refractivity contribution in [1.82, 2.24) is 15.5 Å². The second kappa shape index (κ2) is 8.34. The molecule has 0 aromatic heterocycles. The van der Waals surface area contributed by atoms with E-state index in [0.29, 0.717) is 6.54 Å². The van der Waals surface area contributed by atoms with Gasteiger partial charge in [-0.05, 0) is 34.9 Å². The molecule has 0 aliphatic rings. The highest BCUT2D eigenvalue weighted by atomic mass is 16.2. The first kappa shape index (κ1) is 19.9. The van der Waals surface area contributed by atoms with Gasteiger partial charge in [0.05, 0.1) is 32.7 Å².